The molecule has 0 aromatic carbocycles. The van der Waals surface area contributed by atoms with Crippen LogP contribution in [-0.4, -0.2) is 50.6 Å². The first-order chi connectivity index (χ1) is 11.1. The molecule has 6 nitrogen and oxygen atoms in total. The zero-order valence-corrected chi connectivity index (χ0v) is 13.6. The fourth-order valence-electron chi connectivity index (χ4n) is 3.13. The number of aromatic nitrogens is 2. The summed E-state index contributed by atoms with van der Waals surface area (Å²) in [6.07, 6.45) is 4.60. The summed E-state index contributed by atoms with van der Waals surface area (Å²) in [6.45, 7) is 3.28. The van der Waals surface area contributed by atoms with Gasteiger partial charge in [0.1, 0.15) is 17.6 Å². The lowest BCUT2D eigenvalue weighted by Crippen LogP contribution is -2.60. The largest absolute Gasteiger partial charge is 0.488 e. The standard InChI is InChI=1S/C16H17N3O3S/c1-11-5-14(18-22-11)15(20)19-9-16(10-19)6-13(8-23-16)21-12-3-2-4-17-7-12/h2-5,7,13H,6,8-10H2,1H3. The van der Waals surface area contributed by atoms with E-state index in [1.807, 2.05) is 28.8 Å². The van der Waals surface area contributed by atoms with E-state index in [2.05, 4.69) is 10.1 Å². The highest BCUT2D eigenvalue weighted by Gasteiger charge is 2.51. The number of rotatable bonds is 3. The number of hydrogen-bond donors (Lipinski definition) is 0. The lowest BCUT2D eigenvalue weighted by Gasteiger charge is -2.47. The van der Waals surface area contributed by atoms with Gasteiger partial charge in [0.2, 0.25) is 0 Å². The molecule has 0 aliphatic carbocycles. The van der Waals surface area contributed by atoms with Gasteiger partial charge in [0.15, 0.2) is 5.69 Å². The maximum atomic E-state index is 12.3. The van der Waals surface area contributed by atoms with Crippen molar-refractivity contribution in [3.63, 3.8) is 0 Å². The SMILES string of the molecule is Cc1cc(C(=O)N2CC3(CC(Oc4cccnc4)CS3)C2)no1. The summed E-state index contributed by atoms with van der Waals surface area (Å²) in [7, 11) is 0. The fraction of sp³-hybridized carbons (Fsp3) is 0.438. The van der Waals surface area contributed by atoms with E-state index in [1.165, 1.54) is 0 Å². The topological polar surface area (TPSA) is 68.5 Å². The van der Waals surface area contributed by atoms with E-state index >= 15 is 0 Å². The minimum absolute atomic E-state index is 0.0512. The average Bonchev–Trinajstić information content (AvgIpc) is 3.13. The maximum Gasteiger partial charge on any atom is 0.276 e. The van der Waals surface area contributed by atoms with Crippen LogP contribution in [0.15, 0.2) is 35.1 Å². The first-order valence-electron chi connectivity index (χ1n) is 7.57. The lowest BCUT2D eigenvalue weighted by molar-refractivity contribution is 0.0508. The molecule has 2 aromatic heterocycles. The molecular formula is C16H17N3O3S. The number of pyridine rings is 1. The number of amides is 1. The summed E-state index contributed by atoms with van der Waals surface area (Å²) < 4.78 is 11.1. The predicted octanol–water partition coefficient (Wildman–Crippen LogP) is 2.16. The van der Waals surface area contributed by atoms with E-state index < -0.39 is 0 Å². The molecule has 0 saturated carbocycles. The Bertz CT molecular complexity index is 712. The van der Waals surface area contributed by atoms with Crippen LogP contribution in [0.3, 0.4) is 0 Å². The molecule has 2 aliphatic rings. The molecule has 120 valence electrons. The summed E-state index contributed by atoms with van der Waals surface area (Å²) in [6, 6.07) is 5.48. The van der Waals surface area contributed by atoms with Gasteiger partial charge in [-0.05, 0) is 19.1 Å². The van der Waals surface area contributed by atoms with Crippen LogP contribution in [0, 0.1) is 6.92 Å². The number of nitrogens with zero attached hydrogens (tertiary/aromatic N) is 3. The van der Waals surface area contributed by atoms with Crippen LogP contribution in [0.5, 0.6) is 5.75 Å². The summed E-state index contributed by atoms with van der Waals surface area (Å²) in [5.41, 5.74) is 0.392. The second-order valence-electron chi connectivity index (χ2n) is 6.11. The fourth-order valence-corrected chi connectivity index (χ4v) is 4.65. The van der Waals surface area contributed by atoms with Gasteiger partial charge in [-0.2, -0.15) is 0 Å². The number of ether oxygens (including phenoxy) is 1. The molecular weight excluding hydrogens is 314 g/mol. The summed E-state index contributed by atoms with van der Waals surface area (Å²) >= 11 is 1.90. The van der Waals surface area contributed by atoms with Crippen molar-refractivity contribution in [3.05, 3.63) is 42.0 Å². The van der Waals surface area contributed by atoms with Gasteiger partial charge in [-0.15, -0.1) is 11.8 Å². The van der Waals surface area contributed by atoms with Crippen LogP contribution in [-0.2, 0) is 0 Å². The molecule has 0 radical (unpaired) electrons. The van der Waals surface area contributed by atoms with E-state index in [0.717, 1.165) is 31.0 Å². The zero-order chi connectivity index (χ0) is 15.9. The molecule has 1 unspecified atom stereocenters. The van der Waals surface area contributed by atoms with Crippen molar-refractivity contribution < 1.29 is 14.1 Å². The van der Waals surface area contributed by atoms with Crippen molar-refractivity contribution in [3.8, 4) is 5.75 Å². The molecule has 4 rings (SSSR count). The Hall–Kier alpha value is -2.02. The van der Waals surface area contributed by atoms with E-state index in [4.69, 9.17) is 9.26 Å². The Morgan fingerprint density at radius 2 is 2.39 bits per heavy atom. The van der Waals surface area contributed by atoms with Crippen LogP contribution in [0.2, 0.25) is 0 Å². The Morgan fingerprint density at radius 3 is 3.09 bits per heavy atom. The number of thioether (sulfide) groups is 1. The molecule has 23 heavy (non-hydrogen) atoms. The minimum Gasteiger partial charge on any atom is -0.488 e. The van der Waals surface area contributed by atoms with Crippen LogP contribution < -0.4 is 4.74 Å². The molecule has 2 aliphatic heterocycles. The molecule has 1 amide bonds. The third-order valence-corrected chi connectivity index (χ3v) is 5.78. The lowest BCUT2D eigenvalue weighted by atomic mass is 9.92. The van der Waals surface area contributed by atoms with Crippen molar-refractivity contribution >= 4 is 17.7 Å². The van der Waals surface area contributed by atoms with E-state index in [0.29, 0.717) is 11.5 Å². The van der Waals surface area contributed by atoms with E-state index in [1.54, 1.807) is 25.4 Å². The smallest absolute Gasteiger partial charge is 0.276 e. The number of carbonyl (C=O) groups is 1. The Labute approximate surface area is 138 Å². The second-order valence-corrected chi connectivity index (χ2v) is 7.60. The predicted molar refractivity (Wildman–Crippen MR) is 85.6 cm³/mol. The van der Waals surface area contributed by atoms with Gasteiger partial charge < -0.3 is 14.2 Å². The van der Waals surface area contributed by atoms with Gasteiger partial charge >= 0.3 is 0 Å². The van der Waals surface area contributed by atoms with E-state index in [-0.39, 0.29) is 16.8 Å². The number of likely N-dealkylation sites (tertiary alicyclic amines) is 1. The van der Waals surface area contributed by atoms with Gasteiger partial charge in [-0.1, -0.05) is 5.16 Å². The highest BCUT2D eigenvalue weighted by atomic mass is 32.2. The van der Waals surface area contributed by atoms with Gasteiger partial charge in [0.05, 0.1) is 10.9 Å². The van der Waals surface area contributed by atoms with E-state index in [9.17, 15) is 4.79 Å². The molecule has 4 heterocycles. The number of hydrogen-bond acceptors (Lipinski definition) is 6. The third kappa shape index (κ3) is 2.81. The molecule has 2 aromatic rings. The van der Waals surface area contributed by atoms with Crippen molar-refractivity contribution in [2.24, 2.45) is 0 Å². The number of carbonyl (C=O) groups excluding carboxylic acids is 1. The highest BCUT2D eigenvalue weighted by Crippen LogP contribution is 2.46. The highest BCUT2D eigenvalue weighted by molar-refractivity contribution is 8.01. The molecule has 2 saturated heterocycles. The van der Waals surface area contributed by atoms with Crippen molar-refractivity contribution in [2.75, 3.05) is 18.8 Å². The van der Waals surface area contributed by atoms with Gasteiger partial charge in [-0.3, -0.25) is 9.78 Å². The molecule has 0 bridgehead atoms. The van der Waals surface area contributed by atoms with Crippen molar-refractivity contribution in [1.82, 2.24) is 15.0 Å². The van der Waals surface area contributed by atoms with Gasteiger partial charge in [-0.25, -0.2) is 0 Å². The third-order valence-electron chi connectivity index (χ3n) is 4.20. The summed E-state index contributed by atoms with van der Waals surface area (Å²) in [5, 5.41) is 3.80. The Balaban J connectivity index is 1.33. The molecule has 7 heteroatoms. The number of aryl methyl sites for hydroxylation is 1. The Kier molecular flexibility index (Phi) is 3.52. The van der Waals surface area contributed by atoms with Crippen LogP contribution in [0.4, 0.5) is 0 Å². The first-order valence-corrected chi connectivity index (χ1v) is 8.55. The quantitative estimate of drug-likeness (QED) is 0.858. The first kappa shape index (κ1) is 14.6. The van der Waals surface area contributed by atoms with Crippen LogP contribution >= 0.6 is 11.8 Å². The second kappa shape index (κ2) is 5.56. The van der Waals surface area contributed by atoms with Gasteiger partial charge in [0.25, 0.3) is 5.91 Å². The monoisotopic (exact) mass is 331 g/mol. The van der Waals surface area contributed by atoms with Crippen LogP contribution in [0.25, 0.3) is 0 Å². The maximum absolute atomic E-state index is 12.3. The normalized spacial score (nSPS) is 22.1. The summed E-state index contributed by atoms with van der Waals surface area (Å²) in [5.74, 6) is 2.36. The molecule has 1 atom stereocenters. The molecule has 0 N–H and O–H groups in total. The van der Waals surface area contributed by atoms with Gasteiger partial charge in [0, 0.05) is 37.5 Å². The van der Waals surface area contributed by atoms with Crippen LogP contribution in [0.1, 0.15) is 22.7 Å². The molecule has 1 spiro atoms. The average molecular weight is 331 g/mol. The minimum atomic E-state index is -0.0512. The zero-order valence-electron chi connectivity index (χ0n) is 12.8. The Morgan fingerprint density at radius 1 is 1.52 bits per heavy atom. The summed E-state index contributed by atoms with van der Waals surface area (Å²) in [4.78, 5) is 18.2. The van der Waals surface area contributed by atoms with Crippen molar-refractivity contribution in [1.29, 1.82) is 0 Å². The molecule has 2 fully saturated rings. The van der Waals surface area contributed by atoms with Crippen molar-refractivity contribution in [2.45, 2.75) is 24.2 Å².